The third-order valence-electron chi connectivity index (χ3n) is 4.49. The molecule has 4 aromatic rings. The molecule has 0 saturated carbocycles. The second kappa shape index (κ2) is 5.53. The summed E-state index contributed by atoms with van der Waals surface area (Å²) in [5.74, 6) is 0. The van der Waals surface area contributed by atoms with Gasteiger partial charge in [0, 0.05) is 6.04 Å². The lowest BCUT2D eigenvalue weighted by Crippen LogP contribution is -2.07. The third-order valence-corrected chi connectivity index (χ3v) is 4.49. The Bertz CT molecular complexity index is 999. The van der Waals surface area contributed by atoms with Crippen molar-refractivity contribution < 1.29 is 0 Å². The van der Waals surface area contributed by atoms with Crippen molar-refractivity contribution in [3.05, 3.63) is 84.4 Å². The normalized spacial score (nSPS) is 12.6. The van der Waals surface area contributed by atoms with Gasteiger partial charge in [-0.3, -0.25) is 0 Å². The quantitative estimate of drug-likeness (QED) is 0.506. The van der Waals surface area contributed by atoms with Gasteiger partial charge in [-0.15, -0.1) is 0 Å². The van der Waals surface area contributed by atoms with Crippen molar-refractivity contribution in [1.82, 2.24) is 0 Å². The fraction of sp³-hybridized carbons (Fsp3) is 0.0909. The van der Waals surface area contributed by atoms with Crippen molar-refractivity contribution >= 4 is 21.5 Å². The van der Waals surface area contributed by atoms with Crippen LogP contribution in [-0.2, 0) is 0 Å². The molecule has 1 atom stereocenters. The summed E-state index contributed by atoms with van der Waals surface area (Å²) in [7, 11) is 0. The number of nitrogens with two attached hydrogens (primary N) is 1. The van der Waals surface area contributed by atoms with Crippen LogP contribution < -0.4 is 5.73 Å². The van der Waals surface area contributed by atoms with Gasteiger partial charge in [0.05, 0.1) is 0 Å². The molecule has 112 valence electrons. The summed E-state index contributed by atoms with van der Waals surface area (Å²) in [4.78, 5) is 0. The molecule has 0 aliphatic rings. The Morgan fingerprint density at radius 1 is 0.696 bits per heavy atom. The molecule has 0 heterocycles. The first-order valence-electron chi connectivity index (χ1n) is 8.00. The van der Waals surface area contributed by atoms with Crippen LogP contribution in [0, 0.1) is 0 Å². The molecule has 0 aromatic heterocycles. The van der Waals surface area contributed by atoms with Crippen molar-refractivity contribution in [3.8, 4) is 11.1 Å². The minimum Gasteiger partial charge on any atom is -0.324 e. The van der Waals surface area contributed by atoms with Crippen LogP contribution in [-0.4, -0.2) is 0 Å². The number of hydrogen-bond acceptors (Lipinski definition) is 1. The lowest BCUT2D eigenvalue weighted by atomic mass is 9.90. The van der Waals surface area contributed by atoms with E-state index in [0.29, 0.717) is 0 Å². The zero-order chi connectivity index (χ0) is 15.8. The molecule has 0 fully saturated rings. The maximum absolute atomic E-state index is 6.33. The molecule has 0 bridgehead atoms. The number of benzene rings is 4. The highest BCUT2D eigenvalue weighted by Crippen LogP contribution is 2.35. The van der Waals surface area contributed by atoms with Crippen molar-refractivity contribution in [2.24, 2.45) is 5.73 Å². The molecule has 1 heteroatoms. The summed E-state index contributed by atoms with van der Waals surface area (Å²) in [5.41, 5.74) is 10.0. The van der Waals surface area contributed by atoms with E-state index in [-0.39, 0.29) is 6.04 Å². The van der Waals surface area contributed by atoms with Crippen LogP contribution in [0.5, 0.6) is 0 Å². The second-order valence-corrected chi connectivity index (χ2v) is 6.10. The van der Waals surface area contributed by atoms with Gasteiger partial charge >= 0.3 is 0 Å². The highest BCUT2D eigenvalue weighted by molar-refractivity contribution is 5.94. The van der Waals surface area contributed by atoms with Gasteiger partial charge in [0.1, 0.15) is 0 Å². The lowest BCUT2D eigenvalue weighted by Gasteiger charge is -2.17. The molecule has 0 saturated heterocycles. The first-order valence-corrected chi connectivity index (χ1v) is 8.00. The van der Waals surface area contributed by atoms with E-state index in [4.69, 9.17) is 5.73 Å². The summed E-state index contributed by atoms with van der Waals surface area (Å²) < 4.78 is 0. The Hall–Kier alpha value is -2.64. The molecule has 0 spiro atoms. The standard InChI is InChI=1S/C22H19N/c1-15(23)22-20-9-5-4-7-17(20)12-13-21(22)19-11-10-16-6-2-3-8-18(16)14-19/h2-15H,23H2,1H3. The lowest BCUT2D eigenvalue weighted by molar-refractivity contribution is 0.829. The molecule has 4 rings (SSSR count). The highest BCUT2D eigenvalue weighted by atomic mass is 14.6. The van der Waals surface area contributed by atoms with Gasteiger partial charge in [-0.05, 0) is 51.2 Å². The van der Waals surface area contributed by atoms with E-state index in [1.165, 1.54) is 38.2 Å². The molecule has 4 aromatic carbocycles. The zero-order valence-corrected chi connectivity index (χ0v) is 13.2. The van der Waals surface area contributed by atoms with Crippen molar-refractivity contribution in [3.63, 3.8) is 0 Å². The second-order valence-electron chi connectivity index (χ2n) is 6.10. The van der Waals surface area contributed by atoms with E-state index < -0.39 is 0 Å². The summed E-state index contributed by atoms with van der Waals surface area (Å²) in [6.07, 6.45) is 0. The molecule has 0 aliphatic carbocycles. The van der Waals surface area contributed by atoms with Crippen molar-refractivity contribution in [1.29, 1.82) is 0 Å². The van der Waals surface area contributed by atoms with Crippen LogP contribution in [0.1, 0.15) is 18.5 Å². The predicted molar refractivity (Wildman–Crippen MR) is 99.5 cm³/mol. The van der Waals surface area contributed by atoms with Gasteiger partial charge < -0.3 is 5.73 Å². The Balaban J connectivity index is 2.01. The summed E-state index contributed by atoms with van der Waals surface area (Å²) >= 11 is 0. The fourth-order valence-electron chi connectivity index (χ4n) is 3.39. The van der Waals surface area contributed by atoms with E-state index in [2.05, 4.69) is 85.8 Å². The molecule has 0 amide bonds. The third kappa shape index (κ3) is 2.39. The van der Waals surface area contributed by atoms with Crippen LogP contribution >= 0.6 is 0 Å². The maximum atomic E-state index is 6.33. The molecule has 0 radical (unpaired) electrons. The summed E-state index contributed by atoms with van der Waals surface area (Å²) in [6.45, 7) is 2.06. The minimum absolute atomic E-state index is 0.0115. The fourth-order valence-corrected chi connectivity index (χ4v) is 3.39. The Morgan fingerprint density at radius 2 is 1.35 bits per heavy atom. The van der Waals surface area contributed by atoms with E-state index in [9.17, 15) is 0 Å². The summed E-state index contributed by atoms with van der Waals surface area (Å²) in [5, 5.41) is 5.01. The van der Waals surface area contributed by atoms with Crippen LogP contribution in [0.3, 0.4) is 0 Å². The summed E-state index contributed by atoms with van der Waals surface area (Å²) in [6, 6.07) is 27.9. The first kappa shape index (κ1) is 14.0. The SMILES string of the molecule is CC(N)c1c(-c2ccc3ccccc3c2)ccc2ccccc12. The Labute approximate surface area is 136 Å². The van der Waals surface area contributed by atoms with E-state index in [1.807, 2.05) is 0 Å². The van der Waals surface area contributed by atoms with Crippen LogP contribution in [0.15, 0.2) is 78.9 Å². The topological polar surface area (TPSA) is 26.0 Å². The Kier molecular flexibility index (Phi) is 3.36. The van der Waals surface area contributed by atoms with E-state index >= 15 is 0 Å². The van der Waals surface area contributed by atoms with Crippen LogP contribution in [0.4, 0.5) is 0 Å². The van der Waals surface area contributed by atoms with Gasteiger partial charge in [-0.2, -0.15) is 0 Å². The largest absolute Gasteiger partial charge is 0.324 e. The zero-order valence-electron chi connectivity index (χ0n) is 13.2. The number of hydrogen-bond donors (Lipinski definition) is 1. The molecule has 0 aliphatic heterocycles. The van der Waals surface area contributed by atoms with E-state index in [1.54, 1.807) is 0 Å². The average Bonchev–Trinajstić information content (AvgIpc) is 2.60. The molecular formula is C22H19N. The molecule has 23 heavy (non-hydrogen) atoms. The Morgan fingerprint density at radius 3 is 2.13 bits per heavy atom. The molecular weight excluding hydrogens is 278 g/mol. The first-order chi connectivity index (χ1) is 11.2. The van der Waals surface area contributed by atoms with Gasteiger partial charge in [-0.25, -0.2) is 0 Å². The van der Waals surface area contributed by atoms with Crippen LogP contribution in [0.2, 0.25) is 0 Å². The predicted octanol–water partition coefficient (Wildman–Crippen LogP) is 5.68. The number of rotatable bonds is 2. The van der Waals surface area contributed by atoms with Gasteiger partial charge in [0.15, 0.2) is 0 Å². The van der Waals surface area contributed by atoms with Crippen molar-refractivity contribution in [2.75, 3.05) is 0 Å². The number of fused-ring (bicyclic) bond motifs is 2. The van der Waals surface area contributed by atoms with Crippen LogP contribution in [0.25, 0.3) is 32.7 Å². The molecule has 1 unspecified atom stereocenters. The smallest absolute Gasteiger partial charge is 0.0278 e. The average molecular weight is 297 g/mol. The molecule has 2 N–H and O–H groups in total. The highest BCUT2D eigenvalue weighted by Gasteiger charge is 2.13. The van der Waals surface area contributed by atoms with Gasteiger partial charge in [-0.1, -0.05) is 72.8 Å². The minimum atomic E-state index is -0.0115. The van der Waals surface area contributed by atoms with E-state index in [0.717, 1.165) is 0 Å². The van der Waals surface area contributed by atoms with Gasteiger partial charge in [0.2, 0.25) is 0 Å². The van der Waals surface area contributed by atoms with Gasteiger partial charge in [0.25, 0.3) is 0 Å². The monoisotopic (exact) mass is 297 g/mol. The van der Waals surface area contributed by atoms with Crippen molar-refractivity contribution in [2.45, 2.75) is 13.0 Å². The molecule has 1 nitrogen and oxygen atoms in total. The maximum Gasteiger partial charge on any atom is 0.0278 e.